The topological polar surface area (TPSA) is 16.4 Å². The van der Waals surface area contributed by atoms with E-state index < -0.39 is 5.41 Å². The van der Waals surface area contributed by atoms with Crippen LogP contribution in [0.1, 0.15) is 47.2 Å². The highest BCUT2D eigenvalue weighted by Crippen LogP contribution is 2.65. The Hall–Kier alpha value is -7.42. The van der Waals surface area contributed by atoms with E-state index in [9.17, 15) is 0 Å². The van der Waals surface area contributed by atoms with Gasteiger partial charge in [0.2, 0.25) is 0 Å². The van der Waals surface area contributed by atoms with Crippen LogP contribution < -0.4 is 4.90 Å². The number of hydrogen-bond acceptors (Lipinski definition) is 2. The van der Waals surface area contributed by atoms with Crippen molar-refractivity contribution in [2.75, 3.05) is 4.90 Å². The maximum Gasteiger partial charge on any atom is 0.137 e. The molecule has 1 heterocycles. The van der Waals surface area contributed by atoms with Crippen LogP contribution in [0, 0.1) is 0 Å². The van der Waals surface area contributed by atoms with E-state index in [2.05, 4.69) is 225 Å². The second kappa shape index (κ2) is 13.0. The van der Waals surface area contributed by atoms with Gasteiger partial charge in [0.15, 0.2) is 0 Å². The molecule has 1 spiro atoms. The third kappa shape index (κ3) is 4.76. The van der Waals surface area contributed by atoms with Crippen molar-refractivity contribution in [1.82, 2.24) is 0 Å². The van der Waals surface area contributed by atoms with Gasteiger partial charge >= 0.3 is 0 Å². The molecule has 0 amide bonds. The Balaban J connectivity index is 1.20. The van der Waals surface area contributed by atoms with Gasteiger partial charge in [-0.1, -0.05) is 190 Å². The van der Waals surface area contributed by atoms with Gasteiger partial charge in [0.1, 0.15) is 11.2 Å². The summed E-state index contributed by atoms with van der Waals surface area (Å²) < 4.78 is 6.61. The fraction of sp³-hybridized carbons (Fsp3) is 0.0690. The van der Waals surface area contributed by atoms with Crippen molar-refractivity contribution in [1.29, 1.82) is 0 Å². The summed E-state index contributed by atoms with van der Waals surface area (Å²) >= 11 is 0. The lowest BCUT2D eigenvalue weighted by Gasteiger charge is -2.48. The number of anilines is 3. The van der Waals surface area contributed by atoms with Crippen LogP contribution in [0.15, 0.2) is 217 Å². The molecule has 284 valence electrons. The number of benzene rings is 9. The molecule has 0 saturated heterocycles. The highest BCUT2D eigenvalue weighted by Gasteiger charge is 2.54. The standard InChI is InChI=1S/C58H41NO/c1-57(2)47-28-13-14-29-48(47)58(46-27-12-9-25-45(46)55-42(26-17-30-49(55)58)39-21-7-4-8-22-39)50-31-18-33-52(56(50)57)59(51-32-15-10-23-41(51)38-19-5-3-6-20-38)40-35-36-44-43-24-11-16-34-53(43)60-54(44)37-40/h3-37H,1-2H3. The lowest BCUT2D eigenvalue weighted by molar-refractivity contribution is 0.564. The summed E-state index contributed by atoms with van der Waals surface area (Å²) in [6, 6.07) is 78.0. The normalized spacial score (nSPS) is 15.7. The molecule has 0 fully saturated rings. The first-order valence-electron chi connectivity index (χ1n) is 20.9. The molecule has 9 aromatic carbocycles. The number of para-hydroxylation sites is 2. The van der Waals surface area contributed by atoms with E-state index in [1.807, 2.05) is 6.07 Å². The van der Waals surface area contributed by atoms with Gasteiger partial charge in [-0.3, -0.25) is 0 Å². The number of rotatable bonds is 5. The van der Waals surface area contributed by atoms with E-state index in [-0.39, 0.29) is 5.41 Å². The molecule has 2 aliphatic rings. The van der Waals surface area contributed by atoms with Gasteiger partial charge < -0.3 is 9.32 Å². The second-order valence-electron chi connectivity index (χ2n) is 16.8. The summed E-state index contributed by atoms with van der Waals surface area (Å²) in [6.45, 7) is 4.85. The molecule has 1 aromatic heterocycles. The van der Waals surface area contributed by atoms with Crippen molar-refractivity contribution in [2.45, 2.75) is 24.7 Å². The Morgan fingerprint density at radius 2 is 0.933 bits per heavy atom. The van der Waals surface area contributed by atoms with Crippen molar-refractivity contribution in [3.8, 4) is 33.4 Å². The lowest BCUT2D eigenvalue weighted by atomic mass is 9.55. The molecule has 0 radical (unpaired) electrons. The molecule has 2 aliphatic carbocycles. The molecule has 1 unspecified atom stereocenters. The fourth-order valence-electron chi connectivity index (χ4n) is 10.9. The zero-order chi connectivity index (χ0) is 40.0. The van der Waals surface area contributed by atoms with Crippen LogP contribution in [0.3, 0.4) is 0 Å². The minimum absolute atomic E-state index is 0.383. The molecule has 0 saturated carbocycles. The number of hydrogen-bond donors (Lipinski definition) is 0. The van der Waals surface area contributed by atoms with Crippen molar-refractivity contribution in [2.24, 2.45) is 0 Å². The number of fused-ring (bicyclic) bond motifs is 12. The van der Waals surface area contributed by atoms with Crippen LogP contribution >= 0.6 is 0 Å². The molecular formula is C58H41NO. The zero-order valence-corrected chi connectivity index (χ0v) is 33.6. The molecule has 2 heteroatoms. The van der Waals surface area contributed by atoms with Crippen LogP contribution in [-0.4, -0.2) is 0 Å². The van der Waals surface area contributed by atoms with E-state index >= 15 is 0 Å². The Bertz CT molecular complexity index is 3300. The minimum atomic E-state index is -0.568. The molecule has 2 nitrogen and oxygen atoms in total. The van der Waals surface area contributed by atoms with E-state index in [4.69, 9.17) is 4.42 Å². The quantitative estimate of drug-likeness (QED) is 0.173. The average Bonchev–Trinajstić information content (AvgIpc) is 3.83. The van der Waals surface area contributed by atoms with Crippen molar-refractivity contribution >= 4 is 39.0 Å². The highest BCUT2D eigenvalue weighted by atomic mass is 16.3. The van der Waals surface area contributed by atoms with E-state index in [0.717, 1.165) is 44.6 Å². The van der Waals surface area contributed by atoms with Crippen LogP contribution in [0.4, 0.5) is 17.1 Å². The first-order chi connectivity index (χ1) is 29.5. The SMILES string of the molecule is CC1(C)c2ccccc2C2(c3ccccc3-c3c(-c4ccccc4)cccc32)c2cccc(N(c3ccc4c(c3)oc3ccccc34)c3ccccc3-c3ccccc3)c21. The lowest BCUT2D eigenvalue weighted by Crippen LogP contribution is -2.41. The molecule has 1 atom stereocenters. The van der Waals surface area contributed by atoms with Crippen LogP contribution in [0.25, 0.3) is 55.3 Å². The van der Waals surface area contributed by atoms with Crippen LogP contribution in [0.2, 0.25) is 0 Å². The van der Waals surface area contributed by atoms with Crippen molar-refractivity contribution < 1.29 is 4.42 Å². The van der Waals surface area contributed by atoms with Crippen molar-refractivity contribution in [3.63, 3.8) is 0 Å². The summed E-state index contributed by atoms with van der Waals surface area (Å²) in [7, 11) is 0. The summed E-state index contributed by atoms with van der Waals surface area (Å²) in [5, 5.41) is 2.24. The molecule has 0 bridgehead atoms. The summed E-state index contributed by atoms with van der Waals surface area (Å²) in [5.74, 6) is 0. The monoisotopic (exact) mass is 767 g/mol. The average molecular weight is 768 g/mol. The summed E-state index contributed by atoms with van der Waals surface area (Å²) in [4.78, 5) is 2.50. The summed E-state index contributed by atoms with van der Waals surface area (Å²) in [5.41, 5.74) is 19.5. The van der Waals surface area contributed by atoms with E-state index in [1.54, 1.807) is 0 Å². The second-order valence-corrected chi connectivity index (χ2v) is 16.8. The highest BCUT2D eigenvalue weighted by molar-refractivity contribution is 6.06. The smallest absolute Gasteiger partial charge is 0.137 e. The molecule has 60 heavy (non-hydrogen) atoms. The van der Waals surface area contributed by atoms with Gasteiger partial charge in [-0.05, 0) is 91.5 Å². The van der Waals surface area contributed by atoms with Crippen LogP contribution in [-0.2, 0) is 10.8 Å². The Labute approximate surface area is 350 Å². The maximum atomic E-state index is 6.61. The molecule has 12 rings (SSSR count). The van der Waals surface area contributed by atoms with Gasteiger partial charge in [0.05, 0.1) is 16.8 Å². The van der Waals surface area contributed by atoms with E-state index in [0.29, 0.717) is 0 Å². The largest absolute Gasteiger partial charge is 0.456 e. The van der Waals surface area contributed by atoms with Crippen molar-refractivity contribution in [3.05, 3.63) is 246 Å². The van der Waals surface area contributed by atoms with E-state index in [1.165, 1.54) is 61.2 Å². The molecule has 10 aromatic rings. The first kappa shape index (κ1) is 34.6. The van der Waals surface area contributed by atoms with Crippen LogP contribution in [0.5, 0.6) is 0 Å². The molecule has 0 N–H and O–H groups in total. The van der Waals surface area contributed by atoms with Gasteiger partial charge in [-0.15, -0.1) is 0 Å². The van der Waals surface area contributed by atoms with Gasteiger partial charge in [-0.2, -0.15) is 0 Å². The molecular weight excluding hydrogens is 727 g/mol. The Morgan fingerprint density at radius 1 is 0.383 bits per heavy atom. The van der Waals surface area contributed by atoms with Gasteiger partial charge in [0, 0.05) is 33.5 Å². The zero-order valence-electron chi connectivity index (χ0n) is 33.6. The predicted molar refractivity (Wildman–Crippen MR) is 249 cm³/mol. The minimum Gasteiger partial charge on any atom is -0.456 e. The third-order valence-electron chi connectivity index (χ3n) is 13.3. The first-order valence-corrected chi connectivity index (χ1v) is 20.9. The maximum absolute atomic E-state index is 6.61. The van der Waals surface area contributed by atoms with Gasteiger partial charge in [0.25, 0.3) is 0 Å². The predicted octanol–water partition coefficient (Wildman–Crippen LogP) is 15.4. The number of nitrogens with zero attached hydrogens (tertiary/aromatic N) is 1. The van der Waals surface area contributed by atoms with Gasteiger partial charge in [-0.25, -0.2) is 0 Å². The fourth-order valence-corrected chi connectivity index (χ4v) is 10.9. The summed E-state index contributed by atoms with van der Waals surface area (Å²) in [6.07, 6.45) is 0. The number of furan rings is 1. The Morgan fingerprint density at radius 3 is 1.73 bits per heavy atom. The third-order valence-corrected chi connectivity index (χ3v) is 13.3. The molecule has 0 aliphatic heterocycles. The Kier molecular flexibility index (Phi) is 7.52.